The molecular formula is C15H13N3O3. The summed E-state index contributed by atoms with van der Waals surface area (Å²) < 4.78 is 6.73. The van der Waals surface area contributed by atoms with Gasteiger partial charge >= 0.3 is 5.63 Å². The first-order valence-corrected chi connectivity index (χ1v) is 6.43. The van der Waals surface area contributed by atoms with E-state index in [0.717, 1.165) is 0 Å². The van der Waals surface area contributed by atoms with Crippen LogP contribution in [-0.2, 0) is 0 Å². The number of nitrogens with zero attached hydrogens (tertiary/aromatic N) is 2. The molecule has 106 valence electrons. The van der Waals surface area contributed by atoms with Crippen molar-refractivity contribution >= 4 is 17.0 Å². The largest absolute Gasteiger partial charge is 0.403 e. The summed E-state index contributed by atoms with van der Waals surface area (Å²) in [6.45, 7) is 1.75. The average Bonchev–Trinajstić information content (AvgIpc) is 2.87. The number of fused-ring (bicyclic) bond motifs is 1. The topological polar surface area (TPSA) is 77.1 Å². The maximum Gasteiger partial charge on any atom is 0.337 e. The first-order valence-electron chi connectivity index (χ1n) is 6.43. The van der Waals surface area contributed by atoms with Crippen LogP contribution >= 0.6 is 0 Å². The number of carbonyl (C=O) groups is 1. The Labute approximate surface area is 120 Å². The van der Waals surface area contributed by atoms with E-state index in [-0.39, 0.29) is 17.3 Å². The van der Waals surface area contributed by atoms with Crippen molar-refractivity contribution in [3.63, 3.8) is 0 Å². The normalized spacial score (nSPS) is 10.8. The lowest BCUT2D eigenvalue weighted by atomic mass is 10.1. The van der Waals surface area contributed by atoms with Crippen molar-refractivity contribution in [1.82, 2.24) is 15.1 Å². The molecular weight excluding hydrogens is 270 g/mol. The van der Waals surface area contributed by atoms with Crippen molar-refractivity contribution in [3.05, 3.63) is 58.1 Å². The third-order valence-corrected chi connectivity index (χ3v) is 3.21. The molecule has 0 fully saturated rings. The first kappa shape index (κ1) is 13.1. The number of nitrogens with one attached hydrogen (secondary N) is 1. The van der Waals surface area contributed by atoms with Crippen LogP contribution in [0, 0.1) is 6.92 Å². The summed E-state index contributed by atoms with van der Waals surface area (Å²) in [5.41, 5.74) is 1.40. The zero-order chi connectivity index (χ0) is 15.0. The minimum atomic E-state index is -0.472. The maximum atomic E-state index is 12.0. The minimum absolute atomic E-state index is 0.234. The predicted octanol–water partition coefficient (Wildman–Crippen LogP) is 1.65. The highest BCUT2D eigenvalue weighted by atomic mass is 16.4. The van der Waals surface area contributed by atoms with Gasteiger partial charge in [-0.05, 0) is 24.6 Å². The summed E-state index contributed by atoms with van der Waals surface area (Å²) in [4.78, 5) is 23.6. The van der Waals surface area contributed by atoms with Gasteiger partial charge in [-0.2, -0.15) is 9.78 Å². The van der Waals surface area contributed by atoms with Crippen LogP contribution in [0.15, 0.2) is 45.6 Å². The van der Waals surface area contributed by atoms with E-state index in [1.807, 2.05) is 30.3 Å². The van der Waals surface area contributed by atoms with Gasteiger partial charge in [-0.3, -0.25) is 4.79 Å². The molecule has 2 heterocycles. The molecule has 0 atom stereocenters. The molecule has 0 aliphatic rings. The lowest BCUT2D eigenvalue weighted by Crippen LogP contribution is -2.19. The third-order valence-electron chi connectivity index (χ3n) is 3.21. The molecule has 0 radical (unpaired) electrons. The number of carbonyl (C=O) groups excluding carboxylic acids is 1. The quantitative estimate of drug-likeness (QED) is 0.775. The maximum absolute atomic E-state index is 12.0. The van der Waals surface area contributed by atoms with Crippen molar-refractivity contribution in [2.24, 2.45) is 0 Å². The molecule has 1 N–H and O–H groups in total. The molecule has 3 rings (SSSR count). The van der Waals surface area contributed by atoms with Crippen LogP contribution in [0.5, 0.6) is 0 Å². The number of aryl methyl sites for hydroxylation is 1. The summed E-state index contributed by atoms with van der Waals surface area (Å²) in [5.74, 6) is -0.327. The second-order valence-electron chi connectivity index (χ2n) is 4.60. The lowest BCUT2D eigenvalue weighted by molar-refractivity contribution is 0.0959. The highest BCUT2D eigenvalue weighted by Gasteiger charge is 2.21. The second-order valence-corrected chi connectivity index (χ2v) is 4.60. The Morgan fingerprint density at radius 2 is 2.00 bits per heavy atom. The number of hydrogen-bond acceptors (Lipinski definition) is 4. The van der Waals surface area contributed by atoms with Gasteiger partial charge in [0.15, 0.2) is 5.69 Å². The number of benzene rings is 1. The third kappa shape index (κ3) is 2.10. The summed E-state index contributed by atoms with van der Waals surface area (Å²) in [6, 6.07) is 10.6. The van der Waals surface area contributed by atoms with Crippen molar-refractivity contribution < 1.29 is 9.21 Å². The van der Waals surface area contributed by atoms with Gasteiger partial charge < -0.3 is 9.73 Å². The van der Waals surface area contributed by atoms with E-state index in [1.165, 1.54) is 17.8 Å². The van der Waals surface area contributed by atoms with E-state index in [2.05, 4.69) is 10.4 Å². The number of amides is 1. The van der Waals surface area contributed by atoms with Gasteiger partial charge in [0.05, 0.1) is 11.1 Å². The van der Waals surface area contributed by atoms with Crippen LogP contribution in [0.1, 0.15) is 16.1 Å². The number of rotatable bonds is 2. The van der Waals surface area contributed by atoms with Crippen LogP contribution < -0.4 is 10.9 Å². The standard InChI is InChI=1S/C15H13N3O3/c1-9-8-11(19)21-15-12(9)13(14(20)16-2)17-18(15)10-6-4-3-5-7-10/h3-8H,1-2H3,(H,16,20). The smallest absolute Gasteiger partial charge is 0.337 e. The van der Waals surface area contributed by atoms with Crippen molar-refractivity contribution in [1.29, 1.82) is 0 Å². The van der Waals surface area contributed by atoms with E-state index in [9.17, 15) is 9.59 Å². The van der Waals surface area contributed by atoms with Crippen LogP contribution in [0.4, 0.5) is 0 Å². The van der Waals surface area contributed by atoms with Gasteiger partial charge in [-0.1, -0.05) is 18.2 Å². The van der Waals surface area contributed by atoms with Crippen molar-refractivity contribution in [2.75, 3.05) is 7.05 Å². The van der Waals surface area contributed by atoms with Crippen LogP contribution in [0.3, 0.4) is 0 Å². The van der Waals surface area contributed by atoms with Gasteiger partial charge in [0.2, 0.25) is 5.71 Å². The second kappa shape index (κ2) is 4.90. The van der Waals surface area contributed by atoms with E-state index < -0.39 is 5.63 Å². The highest BCUT2D eigenvalue weighted by molar-refractivity contribution is 6.04. The Balaban J connectivity index is 2.41. The molecule has 6 nitrogen and oxygen atoms in total. The number of aromatic nitrogens is 2. The molecule has 1 aromatic carbocycles. The molecule has 6 heteroatoms. The van der Waals surface area contributed by atoms with Crippen molar-refractivity contribution in [3.8, 4) is 5.69 Å². The summed E-state index contributed by atoms with van der Waals surface area (Å²) >= 11 is 0. The van der Waals surface area contributed by atoms with E-state index in [1.54, 1.807) is 6.92 Å². The molecule has 21 heavy (non-hydrogen) atoms. The molecule has 0 spiro atoms. The Morgan fingerprint density at radius 1 is 1.29 bits per heavy atom. The Kier molecular flexibility index (Phi) is 3.06. The van der Waals surface area contributed by atoms with Crippen LogP contribution in [0.25, 0.3) is 16.8 Å². The van der Waals surface area contributed by atoms with Gasteiger partial charge in [-0.15, -0.1) is 0 Å². The Hall–Kier alpha value is -2.89. The fourth-order valence-corrected chi connectivity index (χ4v) is 2.25. The fraction of sp³-hybridized carbons (Fsp3) is 0.133. The Bertz CT molecular complexity index is 878. The zero-order valence-electron chi connectivity index (χ0n) is 11.6. The van der Waals surface area contributed by atoms with Crippen molar-refractivity contribution in [2.45, 2.75) is 6.92 Å². The number of hydrogen-bond donors (Lipinski definition) is 1. The van der Waals surface area contributed by atoms with E-state index >= 15 is 0 Å². The van der Waals surface area contributed by atoms with Gasteiger partial charge in [0.25, 0.3) is 5.91 Å². The molecule has 0 aliphatic carbocycles. The summed E-state index contributed by atoms with van der Waals surface area (Å²) in [6.07, 6.45) is 0. The molecule has 1 amide bonds. The van der Waals surface area contributed by atoms with E-state index in [4.69, 9.17) is 4.42 Å². The zero-order valence-corrected chi connectivity index (χ0v) is 11.6. The summed E-state index contributed by atoms with van der Waals surface area (Å²) in [5, 5.41) is 7.39. The van der Waals surface area contributed by atoms with E-state index in [0.29, 0.717) is 16.6 Å². The molecule has 2 aromatic heterocycles. The monoisotopic (exact) mass is 283 g/mol. The lowest BCUT2D eigenvalue weighted by Gasteiger charge is -2.01. The average molecular weight is 283 g/mol. The van der Waals surface area contributed by atoms with Crippen LogP contribution in [0.2, 0.25) is 0 Å². The SMILES string of the molecule is CNC(=O)c1nn(-c2ccccc2)c2oc(=O)cc(C)c12. The van der Waals surface area contributed by atoms with Gasteiger partial charge in [-0.25, -0.2) is 4.79 Å². The molecule has 0 unspecified atom stereocenters. The predicted molar refractivity (Wildman–Crippen MR) is 77.7 cm³/mol. The Morgan fingerprint density at radius 3 is 2.67 bits per heavy atom. The molecule has 0 bridgehead atoms. The molecule has 3 aromatic rings. The minimum Gasteiger partial charge on any atom is -0.403 e. The molecule has 0 saturated heterocycles. The number of para-hydroxylation sites is 1. The first-order chi connectivity index (χ1) is 10.1. The molecule has 0 saturated carbocycles. The fourth-order valence-electron chi connectivity index (χ4n) is 2.25. The summed E-state index contributed by atoms with van der Waals surface area (Å²) in [7, 11) is 1.53. The van der Waals surface area contributed by atoms with Crippen LogP contribution in [-0.4, -0.2) is 22.7 Å². The highest BCUT2D eigenvalue weighted by Crippen LogP contribution is 2.23. The van der Waals surface area contributed by atoms with Gasteiger partial charge in [0, 0.05) is 13.1 Å². The molecule has 0 aliphatic heterocycles. The van der Waals surface area contributed by atoms with Gasteiger partial charge in [0.1, 0.15) is 0 Å².